The van der Waals surface area contributed by atoms with Gasteiger partial charge in [0.1, 0.15) is 0 Å². The smallest absolute Gasteiger partial charge is 0.260 e. The molecule has 4 aliphatic rings. The summed E-state index contributed by atoms with van der Waals surface area (Å²) < 4.78 is 16.5. The van der Waals surface area contributed by atoms with Gasteiger partial charge in [-0.3, -0.25) is 14.4 Å². The van der Waals surface area contributed by atoms with Gasteiger partial charge in [-0.05, 0) is 30.4 Å². The Labute approximate surface area is 185 Å². The van der Waals surface area contributed by atoms with Gasteiger partial charge in [0, 0.05) is 18.7 Å². The highest BCUT2D eigenvalue weighted by atomic mass is 16.5. The molecule has 2 aliphatic carbocycles. The Morgan fingerprint density at radius 1 is 1.16 bits per heavy atom. The fraction of sp³-hybridized carbons (Fsp3) is 0.478. The van der Waals surface area contributed by atoms with Crippen LogP contribution in [0.3, 0.4) is 0 Å². The third kappa shape index (κ3) is 3.46. The molecule has 5 rings (SSSR count). The molecule has 2 bridgehead atoms. The van der Waals surface area contributed by atoms with Crippen molar-refractivity contribution < 1.29 is 28.6 Å². The molecule has 0 spiro atoms. The van der Waals surface area contributed by atoms with Crippen LogP contribution in [0.25, 0.3) is 0 Å². The number of fused-ring (bicyclic) bond motifs is 5. The van der Waals surface area contributed by atoms with Crippen molar-refractivity contribution in [2.75, 3.05) is 40.0 Å². The van der Waals surface area contributed by atoms with E-state index in [1.807, 2.05) is 12.2 Å². The Morgan fingerprint density at radius 3 is 2.50 bits per heavy atom. The van der Waals surface area contributed by atoms with E-state index in [1.165, 1.54) is 13.3 Å². The maximum absolute atomic E-state index is 12.8. The van der Waals surface area contributed by atoms with Crippen molar-refractivity contribution in [1.29, 1.82) is 0 Å². The molecule has 0 radical (unpaired) electrons. The maximum Gasteiger partial charge on any atom is 0.260 e. The molecule has 0 N–H and O–H groups in total. The Morgan fingerprint density at radius 2 is 1.84 bits per heavy atom. The van der Waals surface area contributed by atoms with Gasteiger partial charge in [0.05, 0.1) is 38.4 Å². The Bertz CT molecular complexity index is 969. The zero-order chi connectivity index (χ0) is 22.2. The van der Waals surface area contributed by atoms with Crippen molar-refractivity contribution in [2.45, 2.75) is 6.42 Å². The summed E-state index contributed by atoms with van der Waals surface area (Å²) in [6, 6.07) is 5.20. The van der Waals surface area contributed by atoms with Gasteiger partial charge < -0.3 is 19.1 Å². The van der Waals surface area contributed by atoms with Gasteiger partial charge in [0.2, 0.25) is 0 Å². The maximum atomic E-state index is 12.8. The van der Waals surface area contributed by atoms with E-state index in [-0.39, 0.29) is 48.0 Å². The monoisotopic (exact) mass is 439 g/mol. The highest BCUT2D eigenvalue weighted by Crippen LogP contribution is 2.52. The zero-order valence-corrected chi connectivity index (χ0v) is 17.8. The van der Waals surface area contributed by atoms with Crippen molar-refractivity contribution in [3.63, 3.8) is 0 Å². The van der Waals surface area contributed by atoms with Crippen molar-refractivity contribution in [3.05, 3.63) is 35.9 Å². The molecule has 0 aromatic heterocycles. The number of carbonyl (C=O) groups is 3. The number of para-hydroxylation sites is 1. The number of benzene rings is 1. The minimum atomic E-state index is -0.304. The number of carbonyl (C=O) groups excluding carboxylic acids is 3. The number of amides is 3. The summed E-state index contributed by atoms with van der Waals surface area (Å²) in [4.78, 5) is 39.9. The van der Waals surface area contributed by atoms with Gasteiger partial charge >= 0.3 is 0 Å². The molecular weight excluding hydrogens is 414 g/mol. The topological polar surface area (TPSA) is 97.7 Å². The van der Waals surface area contributed by atoms with Crippen LogP contribution in [0.4, 0.5) is 0 Å². The minimum absolute atomic E-state index is 0.128. The van der Waals surface area contributed by atoms with E-state index in [4.69, 9.17) is 14.2 Å². The van der Waals surface area contributed by atoms with Crippen LogP contribution in [0.1, 0.15) is 12.0 Å². The van der Waals surface area contributed by atoms with Crippen molar-refractivity contribution >= 4 is 23.9 Å². The number of rotatable bonds is 6. The number of nitrogens with zero attached hydrogens (tertiary/aromatic N) is 3. The lowest BCUT2D eigenvalue weighted by molar-refractivity contribution is -0.140. The molecule has 2 aliphatic heterocycles. The van der Waals surface area contributed by atoms with Crippen LogP contribution in [0.2, 0.25) is 0 Å². The molecular formula is C23H25N3O6. The molecule has 1 saturated carbocycles. The average molecular weight is 439 g/mol. The summed E-state index contributed by atoms with van der Waals surface area (Å²) in [6.45, 7) is 1.91. The van der Waals surface area contributed by atoms with Gasteiger partial charge in [-0.15, -0.1) is 0 Å². The van der Waals surface area contributed by atoms with Gasteiger partial charge in [0.25, 0.3) is 17.7 Å². The number of morpholine rings is 1. The third-order valence-corrected chi connectivity index (χ3v) is 6.69. The van der Waals surface area contributed by atoms with Crippen LogP contribution >= 0.6 is 0 Å². The first-order valence-electron chi connectivity index (χ1n) is 10.8. The number of ether oxygens (including phenoxy) is 3. The lowest BCUT2D eigenvalue weighted by Crippen LogP contribution is -2.43. The fourth-order valence-electron chi connectivity index (χ4n) is 5.11. The SMILES string of the molecule is COc1cccc(C=NN2C(=O)[C@@H]3[C@H](C2=O)[C@H]2C=C[C@H]3C2)c1OCC(=O)N1CCOCC1. The molecule has 168 valence electrons. The van der Waals surface area contributed by atoms with Crippen LogP contribution in [0, 0.1) is 23.7 Å². The second-order valence-electron chi connectivity index (χ2n) is 8.39. The number of hydrazone groups is 1. The number of allylic oxidation sites excluding steroid dienone is 2. The molecule has 1 aromatic rings. The molecule has 9 nitrogen and oxygen atoms in total. The highest BCUT2D eigenvalue weighted by Gasteiger charge is 2.59. The van der Waals surface area contributed by atoms with E-state index in [1.54, 1.807) is 23.1 Å². The van der Waals surface area contributed by atoms with Crippen LogP contribution in [0.5, 0.6) is 11.5 Å². The van der Waals surface area contributed by atoms with E-state index in [9.17, 15) is 14.4 Å². The Kier molecular flexibility index (Phi) is 5.42. The van der Waals surface area contributed by atoms with E-state index in [0.717, 1.165) is 11.4 Å². The van der Waals surface area contributed by atoms with Crippen LogP contribution < -0.4 is 9.47 Å². The van der Waals surface area contributed by atoms with Crippen LogP contribution in [-0.2, 0) is 19.1 Å². The highest BCUT2D eigenvalue weighted by molar-refractivity contribution is 6.07. The van der Waals surface area contributed by atoms with E-state index in [0.29, 0.717) is 43.4 Å². The van der Waals surface area contributed by atoms with E-state index in [2.05, 4.69) is 5.10 Å². The predicted octanol–water partition coefficient (Wildman–Crippen LogP) is 1.07. The molecule has 0 unspecified atom stereocenters. The van der Waals surface area contributed by atoms with Crippen LogP contribution in [0.15, 0.2) is 35.5 Å². The lowest BCUT2D eigenvalue weighted by Gasteiger charge is -2.27. The summed E-state index contributed by atoms with van der Waals surface area (Å²) >= 11 is 0. The first-order chi connectivity index (χ1) is 15.6. The normalized spacial score (nSPS) is 28.7. The molecule has 2 saturated heterocycles. The summed E-state index contributed by atoms with van der Waals surface area (Å²) in [7, 11) is 1.50. The second-order valence-corrected chi connectivity index (χ2v) is 8.39. The number of hydrogen-bond donors (Lipinski definition) is 0. The van der Waals surface area contributed by atoms with Crippen LogP contribution in [-0.4, -0.2) is 73.9 Å². The predicted molar refractivity (Wildman–Crippen MR) is 113 cm³/mol. The second kappa shape index (κ2) is 8.38. The first kappa shape index (κ1) is 20.7. The van der Waals surface area contributed by atoms with Crippen molar-refractivity contribution in [3.8, 4) is 11.5 Å². The first-order valence-corrected chi connectivity index (χ1v) is 10.8. The summed E-state index contributed by atoms with van der Waals surface area (Å²) in [5.74, 6) is -0.233. The molecule has 32 heavy (non-hydrogen) atoms. The quantitative estimate of drug-likeness (QED) is 0.374. The van der Waals surface area contributed by atoms with Crippen molar-refractivity contribution in [2.24, 2.45) is 28.8 Å². The molecule has 1 aromatic carbocycles. The number of imide groups is 1. The minimum Gasteiger partial charge on any atom is -0.493 e. The molecule has 9 heteroatoms. The summed E-state index contributed by atoms with van der Waals surface area (Å²) in [5, 5.41) is 5.21. The summed E-state index contributed by atoms with van der Waals surface area (Å²) in [6.07, 6.45) is 6.38. The standard InChI is InChI=1S/C23H25N3O6/c1-30-17-4-2-3-16(21(17)32-13-18(27)25-7-9-31-10-8-25)12-24-26-22(28)19-14-5-6-15(11-14)20(19)23(26)29/h2-6,12,14-15,19-20H,7-11,13H2,1H3/t14-,15-,19-,20+/m0/s1. The Hall–Kier alpha value is -3.20. The number of methoxy groups -OCH3 is 1. The summed E-state index contributed by atoms with van der Waals surface area (Å²) in [5.41, 5.74) is 0.512. The van der Waals surface area contributed by atoms with E-state index < -0.39 is 0 Å². The largest absolute Gasteiger partial charge is 0.493 e. The van der Waals surface area contributed by atoms with Gasteiger partial charge in [-0.25, -0.2) is 0 Å². The Balaban J connectivity index is 1.33. The zero-order valence-electron chi connectivity index (χ0n) is 17.8. The fourth-order valence-corrected chi connectivity index (χ4v) is 5.11. The molecule has 2 heterocycles. The van der Waals surface area contributed by atoms with E-state index >= 15 is 0 Å². The van der Waals surface area contributed by atoms with Crippen molar-refractivity contribution in [1.82, 2.24) is 9.91 Å². The molecule has 3 fully saturated rings. The average Bonchev–Trinajstić information content (AvgIpc) is 3.51. The van der Waals surface area contributed by atoms with Gasteiger partial charge in [-0.2, -0.15) is 10.1 Å². The molecule has 4 atom stereocenters. The molecule has 3 amide bonds. The lowest BCUT2D eigenvalue weighted by atomic mass is 9.85. The van der Waals surface area contributed by atoms with Gasteiger partial charge in [-0.1, -0.05) is 18.2 Å². The number of hydrogen-bond acceptors (Lipinski definition) is 7. The third-order valence-electron chi connectivity index (χ3n) is 6.69. The van der Waals surface area contributed by atoms with Gasteiger partial charge in [0.15, 0.2) is 18.1 Å².